The Labute approximate surface area is 136 Å². The number of rotatable bonds is 8. The van der Waals surface area contributed by atoms with Gasteiger partial charge in [0.25, 0.3) is 0 Å². The molecule has 0 fully saturated rings. The molecule has 2 N–H and O–H groups in total. The molecule has 0 aromatic heterocycles. The lowest BCUT2D eigenvalue weighted by molar-refractivity contribution is 0.140. The van der Waals surface area contributed by atoms with Crippen molar-refractivity contribution in [3.63, 3.8) is 0 Å². The first-order valence-electron chi connectivity index (χ1n) is 7.45. The fourth-order valence-electron chi connectivity index (χ4n) is 2.47. The number of nitrogens with two attached hydrogens (primary N) is 1. The van der Waals surface area contributed by atoms with E-state index in [0.29, 0.717) is 12.6 Å². The summed E-state index contributed by atoms with van der Waals surface area (Å²) in [7, 11) is 0. The van der Waals surface area contributed by atoms with Gasteiger partial charge in [0.15, 0.2) is 0 Å². The molecule has 0 saturated heterocycles. The molecule has 4 heteroatoms. The molecule has 0 amide bonds. The van der Waals surface area contributed by atoms with Gasteiger partial charge in [0.05, 0.1) is 0 Å². The number of hydrogen-bond acceptors (Lipinski definition) is 2. The van der Waals surface area contributed by atoms with Crippen molar-refractivity contribution in [3.8, 4) is 0 Å². The molecule has 0 saturated carbocycles. The molecule has 0 aliphatic heterocycles. The lowest BCUT2D eigenvalue weighted by atomic mass is 10.0. The smallest absolute Gasteiger partial charge is 0.0484 e. The van der Waals surface area contributed by atoms with Crippen LogP contribution in [-0.4, -0.2) is 24.0 Å². The summed E-state index contributed by atoms with van der Waals surface area (Å²) in [5.41, 5.74) is 7.27. The van der Waals surface area contributed by atoms with Crippen LogP contribution < -0.4 is 5.73 Å². The SMILES string of the molecule is CCCCN(C(C)CC)C(CN)c1cc(Cl)ccc1Br. The molecule has 114 valence electrons. The Morgan fingerprint density at radius 1 is 1.35 bits per heavy atom. The van der Waals surface area contributed by atoms with Crippen molar-refractivity contribution in [2.75, 3.05) is 13.1 Å². The number of halogens is 2. The van der Waals surface area contributed by atoms with Gasteiger partial charge in [-0.1, -0.05) is 47.8 Å². The van der Waals surface area contributed by atoms with Crippen LogP contribution in [0, 0.1) is 0 Å². The maximum absolute atomic E-state index is 6.16. The fraction of sp³-hybridized carbons (Fsp3) is 0.625. The van der Waals surface area contributed by atoms with Crippen molar-refractivity contribution < 1.29 is 0 Å². The average molecular weight is 362 g/mol. The third kappa shape index (κ3) is 4.73. The fourth-order valence-corrected chi connectivity index (χ4v) is 3.16. The van der Waals surface area contributed by atoms with Crippen LogP contribution in [0.4, 0.5) is 0 Å². The Kier molecular flexibility index (Phi) is 8.11. The first-order chi connectivity index (χ1) is 9.54. The molecule has 2 unspecified atom stereocenters. The summed E-state index contributed by atoms with van der Waals surface area (Å²) >= 11 is 9.80. The number of benzene rings is 1. The third-order valence-electron chi connectivity index (χ3n) is 3.87. The van der Waals surface area contributed by atoms with Crippen LogP contribution in [0.3, 0.4) is 0 Å². The molecule has 1 aromatic carbocycles. The van der Waals surface area contributed by atoms with Crippen LogP contribution in [0.5, 0.6) is 0 Å². The molecular weight excluding hydrogens is 336 g/mol. The van der Waals surface area contributed by atoms with Gasteiger partial charge in [0, 0.05) is 28.1 Å². The van der Waals surface area contributed by atoms with Crippen LogP contribution >= 0.6 is 27.5 Å². The first kappa shape index (κ1) is 18.0. The molecule has 20 heavy (non-hydrogen) atoms. The molecule has 1 aromatic rings. The minimum Gasteiger partial charge on any atom is -0.329 e. The molecule has 0 aliphatic rings. The van der Waals surface area contributed by atoms with Crippen LogP contribution in [0.15, 0.2) is 22.7 Å². The van der Waals surface area contributed by atoms with Crippen LogP contribution in [-0.2, 0) is 0 Å². The molecule has 0 aliphatic carbocycles. The Hall–Kier alpha value is -0.0900. The van der Waals surface area contributed by atoms with E-state index in [-0.39, 0.29) is 6.04 Å². The normalized spacial score (nSPS) is 14.6. The topological polar surface area (TPSA) is 29.3 Å². The molecule has 0 radical (unpaired) electrons. The zero-order valence-electron chi connectivity index (χ0n) is 12.7. The highest BCUT2D eigenvalue weighted by molar-refractivity contribution is 9.10. The minimum atomic E-state index is 0.213. The van der Waals surface area contributed by atoms with E-state index in [2.05, 4.69) is 41.6 Å². The molecular formula is C16H26BrClN2. The van der Waals surface area contributed by atoms with Crippen molar-refractivity contribution in [3.05, 3.63) is 33.3 Å². The second-order valence-corrected chi connectivity index (χ2v) is 6.56. The van der Waals surface area contributed by atoms with Crippen LogP contribution in [0.1, 0.15) is 51.6 Å². The minimum absolute atomic E-state index is 0.213. The van der Waals surface area contributed by atoms with Crippen LogP contribution in [0.2, 0.25) is 5.02 Å². The van der Waals surface area contributed by atoms with Gasteiger partial charge in [0.2, 0.25) is 0 Å². The molecule has 0 heterocycles. The standard InChI is InChI=1S/C16H26BrClN2/c1-4-6-9-20(12(3)5-2)16(11-19)14-10-13(18)7-8-15(14)17/h7-8,10,12,16H,4-6,9,11,19H2,1-3H3. The monoisotopic (exact) mass is 360 g/mol. The summed E-state index contributed by atoms with van der Waals surface area (Å²) in [5, 5.41) is 0.765. The first-order valence-corrected chi connectivity index (χ1v) is 8.62. The van der Waals surface area contributed by atoms with Crippen molar-refractivity contribution >= 4 is 27.5 Å². The zero-order valence-corrected chi connectivity index (χ0v) is 15.0. The quantitative estimate of drug-likeness (QED) is 0.705. The summed E-state index contributed by atoms with van der Waals surface area (Å²) in [6.45, 7) is 8.40. The van der Waals surface area contributed by atoms with Gasteiger partial charge in [-0.3, -0.25) is 4.90 Å². The van der Waals surface area contributed by atoms with Gasteiger partial charge in [-0.05, 0) is 50.1 Å². The summed E-state index contributed by atoms with van der Waals surface area (Å²) in [5.74, 6) is 0. The van der Waals surface area contributed by atoms with E-state index >= 15 is 0 Å². The summed E-state index contributed by atoms with van der Waals surface area (Å²) < 4.78 is 1.09. The summed E-state index contributed by atoms with van der Waals surface area (Å²) in [6.07, 6.45) is 3.51. The van der Waals surface area contributed by atoms with Crippen molar-refractivity contribution in [1.82, 2.24) is 4.90 Å². The second kappa shape index (κ2) is 9.04. The van der Waals surface area contributed by atoms with Crippen molar-refractivity contribution in [2.24, 2.45) is 5.73 Å². The summed E-state index contributed by atoms with van der Waals surface area (Å²) in [4.78, 5) is 2.51. The van der Waals surface area contributed by atoms with E-state index in [4.69, 9.17) is 17.3 Å². The highest BCUT2D eigenvalue weighted by Crippen LogP contribution is 2.31. The van der Waals surface area contributed by atoms with E-state index in [1.165, 1.54) is 18.4 Å². The highest BCUT2D eigenvalue weighted by atomic mass is 79.9. The van der Waals surface area contributed by atoms with Gasteiger partial charge >= 0.3 is 0 Å². The van der Waals surface area contributed by atoms with E-state index in [1.54, 1.807) is 0 Å². The number of unbranched alkanes of at least 4 members (excludes halogenated alkanes) is 1. The maximum atomic E-state index is 6.16. The lowest BCUT2D eigenvalue weighted by Crippen LogP contribution is -2.40. The Balaban J connectivity index is 3.07. The second-order valence-electron chi connectivity index (χ2n) is 5.27. The molecule has 0 spiro atoms. The van der Waals surface area contributed by atoms with Gasteiger partial charge in [-0.25, -0.2) is 0 Å². The van der Waals surface area contributed by atoms with Gasteiger partial charge in [-0.2, -0.15) is 0 Å². The van der Waals surface area contributed by atoms with E-state index in [1.807, 2.05) is 18.2 Å². The predicted octanol–water partition coefficient (Wildman–Crippen LogP) is 5.00. The Morgan fingerprint density at radius 3 is 2.60 bits per heavy atom. The summed E-state index contributed by atoms with van der Waals surface area (Å²) in [6, 6.07) is 6.67. The van der Waals surface area contributed by atoms with Crippen molar-refractivity contribution in [1.29, 1.82) is 0 Å². The van der Waals surface area contributed by atoms with Crippen molar-refractivity contribution in [2.45, 2.75) is 52.1 Å². The number of nitrogens with zero attached hydrogens (tertiary/aromatic N) is 1. The largest absolute Gasteiger partial charge is 0.329 e. The van der Waals surface area contributed by atoms with E-state index in [9.17, 15) is 0 Å². The zero-order chi connectivity index (χ0) is 15.1. The number of hydrogen-bond donors (Lipinski definition) is 1. The van der Waals surface area contributed by atoms with Gasteiger partial charge in [-0.15, -0.1) is 0 Å². The predicted molar refractivity (Wildman–Crippen MR) is 92.3 cm³/mol. The van der Waals surface area contributed by atoms with Gasteiger partial charge in [0.1, 0.15) is 0 Å². The molecule has 1 rings (SSSR count). The van der Waals surface area contributed by atoms with Gasteiger partial charge < -0.3 is 5.73 Å². The average Bonchev–Trinajstić information content (AvgIpc) is 2.45. The highest BCUT2D eigenvalue weighted by Gasteiger charge is 2.24. The lowest BCUT2D eigenvalue weighted by Gasteiger charge is -2.36. The maximum Gasteiger partial charge on any atom is 0.0484 e. The molecule has 2 nitrogen and oxygen atoms in total. The van der Waals surface area contributed by atoms with E-state index in [0.717, 1.165) is 22.5 Å². The third-order valence-corrected chi connectivity index (χ3v) is 4.82. The molecule has 0 bridgehead atoms. The Bertz CT molecular complexity index is 411. The van der Waals surface area contributed by atoms with Crippen LogP contribution in [0.25, 0.3) is 0 Å². The van der Waals surface area contributed by atoms with E-state index < -0.39 is 0 Å². The Morgan fingerprint density at radius 2 is 2.05 bits per heavy atom. The molecule has 2 atom stereocenters.